The SMILES string of the molecule is c1ccc(-c2nc(-c3ccc4c(c3-c3cccc5c3oc3ccccc35)C3(c5ccccc5-4)C4CC5CC(C4)CC3C5)nc(-c3cccc4oc5ccccc5c34)n2)cc1. The number of nitrogens with zero attached hydrogens (tertiary/aromatic N) is 3. The molecule has 3 aromatic heterocycles. The highest BCUT2D eigenvalue weighted by molar-refractivity contribution is 6.13. The molecule has 0 N–H and O–H groups in total. The number of para-hydroxylation sites is 3. The molecule has 5 nitrogen and oxygen atoms in total. The summed E-state index contributed by atoms with van der Waals surface area (Å²) in [5.74, 6) is 4.70. The Bertz CT molecular complexity index is 3380. The second-order valence-corrected chi connectivity index (χ2v) is 17.9. The third-order valence-electron chi connectivity index (χ3n) is 14.9. The van der Waals surface area contributed by atoms with E-state index in [9.17, 15) is 0 Å². The Labute approximate surface area is 346 Å². The van der Waals surface area contributed by atoms with Crippen LogP contribution in [0, 0.1) is 23.7 Å². The molecule has 10 aromatic rings. The predicted octanol–water partition coefficient (Wildman–Crippen LogP) is 14.1. The molecule has 5 aliphatic carbocycles. The van der Waals surface area contributed by atoms with Crippen LogP contribution in [0.2, 0.25) is 0 Å². The van der Waals surface area contributed by atoms with Crippen LogP contribution in [0.4, 0.5) is 0 Å². The lowest BCUT2D eigenvalue weighted by Gasteiger charge is -2.61. The second-order valence-electron chi connectivity index (χ2n) is 17.9. The fourth-order valence-corrected chi connectivity index (χ4v) is 13.0. The van der Waals surface area contributed by atoms with E-state index in [0.717, 1.165) is 78.0 Å². The molecule has 5 aliphatic rings. The fraction of sp³-hybridized carbons (Fsp3) is 0.182. The van der Waals surface area contributed by atoms with Crippen molar-refractivity contribution in [2.45, 2.75) is 37.5 Å². The molecule has 0 amide bonds. The molecule has 5 heteroatoms. The van der Waals surface area contributed by atoms with E-state index >= 15 is 0 Å². The van der Waals surface area contributed by atoms with Gasteiger partial charge in [-0.2, -0.15) is 0 Å². The first kappa shape index (κ1) is 33.0. The molecule has 4 fully saturated rings. The molecular formula is C55H39N3O2. The minimum absolute atomic E-state index is 0.113. The van der Waals surface area contributed by atoms with Crippen molar-refractivity contribution in [2.75, 3.05) is 0 Å². The van der Waals surface area contributed by atoms with Gasteiger partial charge in [0.15, 0.2) is 17.5 Å². The number of benzene rings is 7. The maximum absolute atomic E-state index is 6.96. The van der Waals surface area contributed by atoms with E-state index in [-0.39, 0.29) is 5.41 Å². The van der Waals surface area contributed by atoms with Gasteiger partial charge in [0.1, 0.15) is 22.3 Å². The molecule has 0 saturated heterocycles. The first-order valence-electron chi connectivity index (χ1n) is 21.6. The monoisotopic (exact) mass is 773 g/mol. The van der Waals surface area contributed by atoms with Gasteiger partial charge < -0.3 is 8.83 Å². The van der Waals surface area contributed by atoms with Crippen LogP contribution in [-0.4, -0.2) is 15.0 Å². The number of hydrogen-bond acceptors (Lipinski definition) is 5. The zero-order valence-electron chi connectivity index (χ0n) is 32.9. The Kier molecular flexibility index (Phi) is 6.67. The lowest BCUT2D eigenvalue weighted by atomic mass is 9.42. The molecule has 60 heavy (non-hydrogen) atoms. The molecule has 3 heterocycles. The number of aromatic nitrogens is 3. The lowest BCUT2D eigenvalue weighted by molar-refractivity contribution is -0.0397. The number of rotatable bonds is 4. The minimum atomic E-state index is -0.113. The molecule has 0 unspecified atom stereocenters. The summed E-state index contributed by atoms with van der Waals surface area (Å²) in [7, 11) is 0. The molecule has 1 spiro atoms. The highest BCUT2D eigenvalue weighted by Crippen LogP contribution is 2.71. The van der Waals surface area contributed by atoms with Crippen molar-refractivity contribution >= 4 is 43.9 Å². The Morgan fingerprint density at radius 2 is 1.00 bits per heavy atom. The first-order valence-corrected chi connectivity index (χ1v) is 21.6. The van der Waals surface area contributed by atoms with Crippen molar-refractivity contribution in [3.63, 3.8) is 0 Å². The van der Waals surface area contributed by atoms with Crippen LogP contribution in [0.25, 0.3) is 100 Å². The average Bonchev–Trinajstić information content (AvgIpc) is 3.97. The number of furan rings is 2. The molecule has 0 aliphatic heterocycles. The molecule has 15 rings (SSSR count). The van der Waals surface area contributed by atoms with Gasteiger partial charge in [-0.25, -0.2) is 15.0 Å². The number of hydrogen-bond donors (Lipinski definition) is 0. The Morgan fingerprint density at radius 1 is 0.417 bits per heavy atom. The quantitative estimate of drug-likeness (QED) is 0.178. The second kappa shape index (κ2) is 12.1. The smallest absolute Gasteiger partial charge is 0.164 e. The molecular weight excluding hydrogens is 735 g/mol. The van der Waals surface area contributed by atoms with E-state index in [2.05, 4.69) is 121 Å². The normalized spacial score (nSPS) is 22.4. The molecule has 0 radical (unpaired) electrons. The van der Waals surface area contributed by atoms with E-state index in [0.29, 0.717) is 29.3 Å². The summed E-state index contributed by atoms with van der Waals surface area (Å²) < 4.78 is 13.4. The summed E-state index contributed by atoms with van der Waals surface area (Å²) in [6, 6.07) is 54.0. The van der Waals surface area contributed by atoms with Crippen LogP contribution >= 0.6 is 0 Å². The summed E-state index contributed by atoms with van der Waals surface area (Å²) in [5.41, 5.74) is 14.2. The summed E-state index contributed by atoms with van der Waals surface area (Å²) in [6.45, 7) is 0. The summed E-state index contributed by atoms with van der Waals surface area (Å²) in [4.78, 5) is 16.3. The highest BCUT2D eigenvalue weighted by Gasteiger charge is 2.62. The van der Waals surface area contributed by atoms with E-state index < -0.39 is 0 Å². The zero-order chi connectivity index (χ0) is 39.1. The van der Waals surface area contributed by atoms with Gasteiger partial charge in [-0.1, -0.05) is 127 Å². The predicted molar refractivity (Wildman–Crippen MR) is 239 cm³/mol. The molecule has 7 aromatic carbocycles. The van der Waals surface area contributed by atoms with Gasteiger partial charge in [-0.3, -0.25) is 0 Å². The lowest BCUT2D eigenvalue weighted by Crippen LogP contribution is -2.55. The van der Waals surface area contributed by atoms with Crippen LogP contribution in [0.3, 0.4) is 0 Å². The van der Waals surface area contributed by atoms with E-state index in [1.54, 1.807) is 0 Å². The van der Waals surface area contributed by atoms with Crippen molar-refractivity contribution in [3.8, 4) is 56.4 Å². The van der Waals surface area contributed by atoms with Crippen molar-refractivity contribution < 1.29 is 8.83 Å². The fourth-order valence-electron chi connectivity index (χ4n) is 13.0. The van der Waals surface area contributed by atoms with Crippen LogP contribution in [0.1, 0.15) is 43.2 Å². The summed E-state index contributed by atoms with van der Waals surface area (Å²) >= 11 is 0. The standard InChI is InChI=1S/C55H39N3O2/c1-2-12-33(13-3-1)52-56-53(42-19-11-23-47-48(42)40-16-6-9-22-46(40)59-47)58-54(57-52)43-25-24-38-36-14-4-7-20-44(36)55(34-27-31-26-32(29-34)30-35(55)28-31)50(38)49(43)41-18-10-17-39-37-15-5-8-21-45(37)60-51(39)41/h1-25,31-32,34-35H,26-30H2. The average molecular weight is 774 g/mol. The van der Waals surface area contributed by atoms with E-state index in [1.807, 2.05) is 30.3 Å². The van der Waals surface area contributed by atoms with Crippen LogP contribution in [0.15, 0.2) is 160 Å². The van der Waals surface area contributed by atoms with Crippen molar-refractivity contribution in [3.05, 3.63) is 163 Å². The summed E-state index contributed by atoms with van der Waals surface area (Å²) in [5, 5.41) is 4.31. The minimum Gasteiger partial charge on any atom is -0.456 e. The van der Waals surface area contributed by atoms with E-state index in [1.165, 1.54) is 59.9 Å². The Balaban J connectivity index is 1.12. The summed E-state index contributed by atoms with van der Waals surface area (Å²) in [6.07, 6.45) is 6.55. The van der Waals surface area contributed by atoms with Gasteiger partial charge in [0, 0.05) is 54.8 Å². The first-order chi connectivity index (χ1) is 29.7. The highest BCUT2D eigenvalue weighted by atomic mass is 16.3. The Morgan fingerprint density at radius 3 is 1.82 bits per heavy atom. The Hall–Kier alpha value is -6.85. The number of fused-ring (bicyclic) bond motifs is 9. The molecule has 0 atom stereocenters. The topological polar surface area (TPSA) is 65.0 Å². The maximum Gasteiger partial charge on any atom is 0.164 e. The largest absolute Gasteiger partial charge is 0.456 e. The third-order valence-corrected chi connectivity index (χ3v) is 14.9. The van der Waals surface area contributed by atoms with Gasteiger partial charge in [-0.05, 0) is 102 Å². The molecule has 286 valence electrons. The van der Waals surface area contributed by atoms with Crippen molar-refractivity contribution in [1.82, 2.24) is 15.0 Å². The van der Waals surface area contributed by atoms with Crippen LogP contribution in [0.5, 0.6) is 0 Å². The van der Waals surface area contributed by atoms with Gasteiger partial charge >= 0.3 is 0 Å². The van der Waals surface area contributed by atoms with Gasteiger partial charge in [0.05, 0.1) is 0 Å². The van der Waals surface area contributed by atoms with Gasteiger partial charge in [0.25, 0.3) is 0 Å². The molecule has 4 bridgehead atoms. The van der Waals surface area contributed by atoms with E-state index in [4.69, 9.17) is 23.8 Å². The van der Waals surface area contributed by atoms with Crippen molar-refractivity contribution in [1.29, 1.82) is 0 Å². The van der Waals surface area contributed by atoms with Crippen LogP contribution < -0.4 is 0 Å². The van der Waals surface area contributed by atoms with Crippen LogP contribution in [-0.2, 0) is 5.41 Å². The maximum atomic E-state index is 6.96. The molecule has 4 saturated carbocycles. The van der Waals surface area contributed by atoms with Gasteiger partial charge in [0.2, 0.25) is 0 Å². The van der Waals surface area contributed by atoms with Crippen molar-refractivity contribution in [2.24, 2.45) is 23.7 Å². The third kappa shape index (κ3) is 4.39. The zero-order valence-corrected chi connectivity index (χ0v) is 32.9. The van der Waals surface area contributed by atoms with Gasteiger partial charge in [-0.15, -0.1) is 0 Å².